The van der Waals surface area contributed by atoms with Crippen LogP contribution in [-0.2, 0) is 6.42 Å². The van der Waals surface area contributed by atoms with E-state index in [1.165, 1.54) is 0 Å². The molecule has 0 amide bonds. The van der Waals surface area contributed by atoms with Gasteiger partial charge in [-0.15, -0.1) is 0 Å². The van der Waals surface area contributed by atoms with E-state index in [2.05, 4.69) is 9.97 Å². The van der Waals surface area contributed by atoms with Gasteiger partial charge in [-0.25, -0.2) is 14.4 Å². The minimum atomic E-state index is -0.470. The zero-order valence-corrected chi connectivity index (χ0v) is 10.7. The molecule has 2 heterocycles. The number of nitrogens with two attached hydrogens (primary N) is 1. The van der Waals surface area contributed by atoms with Gasteiger partial charge in [0.25, 0.3) is 0 Å². The second kappa shape index (κ2) is 4.75. The second-order valence-electron chi connectivity index (χ2n) is 4.35. The van der Waals surface area contributed by atoms with Crippen molar-refractivity contribution >= 4 is 11.6 Å². The van der Waals surface area contributed by atoms with E-state index in [4.69, 9.17) is 22.1 Å². The van der Waals surface area contributed by atoms with Gasteiger partial charge in [-0.2, -0.15) is 0 Å². The molecule has 0 radical (unpaired) electrons. The Morgan fingerprint density at radius 2 is 2.11 bits per heavy atom. The highest BCUT2D eigenvalue weighted by Crippen LogP contribution is 2.38. The van der Waals surface area contributed by atoms with Crippen molar-refractivity contribution in [3.05, 3.63) is 40.9 Å². The summed E-state index contributed by atoms with van der Waals surface area (Å²) in [6.45, 7) is 0.438. The van der Waals surface area contributed by atoms with E-state index in [-0.39, 0.29) is 6.10 Å². The Balaban J connectivity index is 2.02. The lowest BCUT2D eigenvalue weighted by molar-refractivity contribution is 0.241. The highest BCUT2D eigenvalue weighted by atomic mass is 35.5. The molecule has 1 aromatic carbocycles. The first-order chi connectivity index (χ1) is 9.17. The van der Waals surface area contributed by atoms with Crippen LogP contribution in [0.5, 0.6) is 5.75 Å². The fourth-order valence-corrected chi connectivity index (χ4v) is 2.39. The van der Waals surface area contributed by atoms with E-state index in [1.807, 2.05) is 6.07 Å². The number of benzene rings is 1. The Morgan fingerprint density at radius 1 is 1.37 bits per heavy atom. The van der Waals surface area contributed by atoms with Gasteiger partial charge in [-0.1, -0.05) is 11.6 Å². The van der Waals surface area contributed by atoms with Crippen molar-refractivity contribution in [3.8, 4) is 17.1 Å². The quantitative estimate of drug-likeness (QED) is 0.915. The average molecular weight is 280 g/mol. The highest BCUT2D eigenvalue weighted by Gasteiger charge is 2.25. The second-order valence-corrected chi connectivity index (χ2v) is 4.76. The fourth-order valence-electron chi connectivity index (χ4n) is 2.11. The van der Waals surface area contributed by atoms with E-state index in [1.54, 1.807) is 6.07 Å². The summed E-state index contributed by atoms with van der Waals surface area (Å²) in [5.74, 6) is 0.632. The van der Waals surface area contributed by atoms with E-state index >= 15 is 0 Å². The molecule has 2 aromatic rings. The Morgan fingerprint density at radius 3 is 2.79 bits per heavy atom. The molecule has 6 heteroatoms. The lowest BCUT2D eigenvalue weighted by Gasteiger charge is -2.08. The van der Waals surface area contributed by atoms with Crippen LogP contribution in [0.4, 0.5) is 4.39 Å². The summed E-state index contributed by atoms with van der Waals surface area (Å²) >= 11 is 6.18. The monoisotopic (exact) mass is 279 g/mol. The van der Waals surface area contributed by atoms with Gasteiger partial charge in [-0.3, -0.25) is 0 Å². The van der Waals surface area contributed by atoms with Gasteiger partial charge in [0, 0.05) is 24.1 Å². The van der Waals surface area contributed by atoms with Crippen LogP contribution in [0, 0.1) is 5.82 Å². The molecule has 1 aliphatic heterocycles. The molecule has 0 aliphatic carbocycles. The largest absolute Gasteiger partial charge is 0.487 e. The molecule has 1 aliphatic rings. The molecule has 98 valence electrons. The summed E-state index contributed by atoms with van der Waals surface area (Å²) in [7, 11) is 0. The number of hydrogen-bond acceptors (Lipinski definition) is 4. The molecule has 0 unspecified atom stereocenters. The van der Waals surface area contributed by atoms with Gasteiger partial charge in [0.15, 0.2) is 11.6 Å². The summed E-state index contributed by atoms with van der Waals surface area (Å²) in [5.41, 5.74) is 7.31. The van der Waals surface area contributed by atoms with Crippen molar-refractivity contribution in [3.63, 3.8) is 0 Å². The van der Waals surface area contributed by atoms with Crippen LogP contribution < -0.4 is 10.5 Å². The summed E-state index contributed by atoms with van der Waals surface area (Å²) in [4.78, 5) is 7.89. The lowest BCUT2D eigenvalue weighted by Crippen LogP contribution is -2.24. The van der Waals surface area contributed by atoms with Crippen molar-refractivity contribution in [2.24, 2.45) is 5.73 Å². The maximum absolute atomic E-state index is 12.8. The molecular weight excluding hydrogens is 269 g/mol. The molecule has 1 atom stereocenters. The third-order valence-corrected chi connectivity index (χ3v) is 3.27. The fraction of sp³-hybridized carbons (Fsp3) is 0.231. The minimum absolute atomic E-state index is 0.0445. The number of rotatable bonds is 2. The van der Waals surface area contributed by atoms with Crippen molar-refractivity contribution in [1.82, 2.24) is 9.97 Å². The Hall–Kier alpha value is -1.72. The van der Waals surface area contributed by atoms with Gasteiger partial charge in [-0.05, 0) is 12.1 Å². The van der Waals surface area contributed by atoms with Crippen LogP contribution in [0.25, 0.3) is 11.4 Å². The Bertz CT molecular complexity index is 618. The third kappa shape index (κ3) is 2.27. The number of halogens is 2. The Kier molecular flexibility index (Phi) is 3.08. The number of nitrogens with zero attached hydrogens (tertiary/aromatic N) is 2. The molecular formula is C13H11ClFN3O. The van der Waals surface area contributed by atoms with Crippen molar-refractivity contribution < 1.29 is 9.13 Å². The highest BCUT2D eigenvalue weighted by molar-refractivity contribution is 6.32. The summed E-state index contributed by atoms with van der Waals surface area (Å²) in [6.07, 6.45) is 2.92. The Labute approximate surface area is 114 Å². The zero-order chi connectivity index (χ0) is 13.4. The normalized spacial score (nSPS) is 17.1. The molecule has 0 fully saturated rings. The lowest BCUT2D eigenvalue weighted by atomic mass is 10.1. The predicted molar refractivity (Wildman–Crippen MR) is 69.6 cm³/mol. The average Bonchev–Trinajstić information content (AvgIpc) is 2.83. The van der Waals surface area contributed by atoms with Crippen LogP contribution in [0.1, 0.15) is 5.56 Å². The molecule has 4 nitrogen and oxygen atoms in total. The number of aromatic nitrogens is 2. The summed E-state index contributed by atoms with van der Waals surface area (Å²) in [6, 6.07) is 3.62. The minimum Gasteiger partial charge on any atom is -0.487 e. The number of ether oxygens (including phenoxy) is 1. The van der Waals surface area contributed by atoms with Crippen molar-refractivity contribution in [2.45, 2.75) is 12.5 Å². The van der Waals surface area contributed by atoms with Crippen LogP contribution in [0.2, 0.25) is 5.02 Å². The molecule has 2 N–H and O–H groups in total. The van der Waals surface area contributed by atoms with Gasteiger partial charge >= 0.3 is 0 Å². The first kappa shape index (κ1) is 12.3. The molecule has 19 heavy (non-hydrogen) atoms. The molecule has 0 bridgehead atoms. The SMILES string of the molecule is NC[C@H]1Cc2cc(-c3ncc(F)cn3)cc(Cl)c2O1. The summed E-state index contributed by atoms with van der Waals surface area (Å²) < 4.78 is 18.5. The van der Waals surface area contributed by atoms with E-state index in [9.17, 15) is 4.39 Å². The topological polar surface area (TPSA) is 61.0 Å². The molecule has 1 aromatic heterocycles. The van der Waals surface area contributed by atoms with Gasteiger partial charge < -0.3 is 10.5 Å². The van der Waals surface area contributed by atoms with Crippen molar-refractivity contribution in [1.29, 1.82) is 0 Å². The smallest absolute Gasteiger partial charge is 0.159 e. The maximum atomic E-state index is 12.8. The summed E-state index contributed by atoms with van der Waals surface area (Å²) in [5, 5.41) is 0.497. The van der Waals surface area contributed by atoms with Crippen LogP contribution in [-0.4, -0.2) is 22.6 Å². The molecule has 0 saturated carbocycles. The van der Waals surface area contributed by atoms with Gasteiger partial charge in [0.05, 0.1) is 17.4 Å². The van der Waals surface area contributed by atoms with Crippen LogP contribution in [0.3, 0.4) is 0 Å². The molecule has 0 saturated heterocycles. The van der Waals surface area contributed by atoms with E-state index in [0.29, 0.717) is 29.6 Å². The molecule has 0 spiro atoms. The number of hydrogen-bond donors (Lipinski definition) is 1. The van der Waals surface area contributed by atoms with E-state index < -0.39 is 5.82 Å². The third-order valence-electron chi connectivity index (χ3n) is 2.99. The van der Waals surface area contributed by atoms with Crippen LogP contribution in [0.15, 0.2) is 24.5 Å². The maximum Gasteiger partial charge on any atom is 0.159 e. The van der Waals surface area contributed by atoms with E-state index in [0.717, 1.165) is 23.5 Å². The number of fused-ring (bicyclic) bond motifs is 1. The van der Waals surface area contributed by atoms with Crippen molar-refractivity contribution in [2.75, 3.05) is 6.54 Å². The zero-order valence-electron chi connectivity index (χ0n) is 9.94. The standard InChI is InChI=1S/C13H11ClFN3O/c14-11-3-8(13-17-5-9(15)6-18-13)1-7-2-10(4-16)19-12(7)11/h1,3,5-6,10H,2,4,16H2/t10-/m1/s1. The first-order valence-corrected chi connectivity index (χ1v) is 6.22. The van der Waals surface area contributed by atoms with Crippen LogP contribution >= 0.6 is 11.6 Å². The van der Waals surface area contributed by atoms with Gasteiger partial charge in [0.2, 0.25) is 0 Å². The first-order valence-electron chi connectivity index (χ1n) is 5.84. The predicted octanol–water partition coefficient (Wildman–Crippen LogP) is 2.20. The molecule has 3 rings (SSSR count). The van der Waals surface area contributed by atoms with Gasteiger partial charge in [0.1, 0.15) is 11.9 Å².